The van der Waals surface area contributed by atoms with E-state index in [4.69, 9.17) is 14.5 Å². The number of anilines is 1. The Balaban J connectivity index is 1.54. The van der Waals surface area contributed by atoms with Crippen LogP contribution in [-0.4, -0.2) is 63.6 Å². The molecule has 0 bridgehead atoms. The van der Waals surface area contributed by atoms with Crippen LogP contribution >= 0.6 is 0 Å². The van der Waals surface area contributed by atoms with E-state index in [0.717, 1.165) is 63.2 Å². The minimum atomic E-state index is 0.256. The lowest BCUT2D eigenvalue weighted by atomic mass is 9.67. The molecule has 1 saturated heterocycles. The maximum Gasteiger partial charge on any atom is 0.191 e. The third kappa shape index (κ3) is 6.31. The average molecular weight is 404 g/mol. The van der Waals surface area contributed by atoms with Crippen LogP contribution in [0.4, 0.5) is 5.82 Å². The first kappa shape index (κ1) is 21.8. The highest BCUT2D eigenvalue weighted by Gasteiger charge is 2.36. The largest absolute Gasteiger partial charge is 0.385 e. The van der Waals surface area contributed by atoms with Gasteiger partial charge in [0.05, 0.1) is 19.3 Å². The molecule has 2 heterocycles. The highest BCUT2D eigenvalue weighted by atomic mass is 16.5. The standard InChI is InChI=1S/C22H37N5O2/c1-4-23-21(26-17-22(8-5-9-22)10-12-28-3)25-15-19-6-7-20(24-14-19)27-11-13-29-18(2)16-27/h6-7,14,18H,4-5,8-13,15-17H2,1-3H3,(H2,23,25,26). The van der Waals surface area contributed by atoms with E-state index < -0.39 is 0 Å². The monoisotopic (exact) mass is 403 g/mol. The summed E-state index contributed by atoms with van der Waals surface area (Å²) in [6.45, 7) is 10.0. The summed E-state index contributed by atoms with van der Waals surface area (Å²) in [5.74, 6) is 1.89. The van der Waals surface area contributed by atoms with Gasteiger partial charge in [-0.2, -0.15) is 0 Å². The Kier molecular flexibility index (Phi) is 8.12. The van der Waals surface area contributed by atoms with Crippen molar-refractivity contribution in [3.8, 4) is 0 Å². The number of rotatable bonds is 9. The van der Waals surface area contributed by atoms with Gasteiger partial charge in [-0.05, 0) is 50.2 Å². The Bertz CT molecular complexity index is 645. The number of nitrogens with one attached hydrogen (secondary N) is 2. The molecule has 0 spiro atoms. The van der Waals surface area contributed by atoms with Crippen molar-refractivity contribution in [1.29, 1.82) is 0 Å². The number of aliphatic imine (C=N–C) groups is 1. The van der Waals surface area contributed by atoms with Crippen LogP contribution in [-0.2, 0) is 16.0 Å². The number of methoxy groups -OCH3 is 1. The van der Waals surface area contributed by atoms with E-state index in [0.29, 0.717) is 12.0 Å². The number of hydrogen-bond donors (Lipinski definition) is 2. The fraction of sp³-hybridized carbons (Fsp3) is 0.727. The van der Waals surface area contributed by atoms with E-state index in [2.05, 4.69) is 46.5 Å². The maximum absolute atomic E-state index is 5.61. The van der Waals surface area contributed by atoms with Crippen LogP contribution in [0, 0.1) is 5.41 Å². The minimum Gasteiger partial charge on any atom is -0.385 e. The summed E-state index contributed by atoms with van der Waals surface area (Å²) in [6, 6.07) is 4.22. The number of nitrogens with zero attached hydrogens (tertiary/aromatic N) is 3. The van der Waals surface area contributed by atoms with Gasteiger partial charge in [0.25, 0.3) is 0 Å². The zero-order chi connectivity index (χ0) is 20.5. The van der Waals surface area contributed by atoms with Crippen molar-refractivity contribution in [3.05, 3.63) is 23.9 Å². The summed E-state index contributed by atoms with van der Waals surface area (Å²) in [5.41, 5.74) is 1.48. The van der Waals surface area contributed by atoms with Gasteiger partial charge < -0.3 is 25.0 Å². The number of ether oxygens (including phenoxy) is 2. The molecule has 0 radical (unpaired) electrons. The van der Waals surface area contributed by atoms with Gasteiger partial charge in [-0.15, -0.1) is 0 Å². The van der Waals surface area contributed by atoms with E-state index in [1.807, 2.05) is 6.20 Å². The lowest BCUT2D eigenvalue weighted by molar-refractivity contribution is 0.0529. The highest BCUT2D eigenvalue weighted by molar-refractivity contribution is 5.79. The Hall–Kier alpha value is -1.86. The van der Waals surface area contributed by atoms with Crippen LogP contribution in [0.3, 0.4) is 0 Å². The fourth-order valence-electron chi connectivity index (χ4n) is 4.02. The number of aromatic nitrogens is 1. The molecule has 2 fully saturated rings. The lowest BCUT2D eigenvalue weighted by Crippen LogP contribution is -2.46. The molecule has 162 valence electrons. The van der Waals surface area contributed by atoms with Crippen LogP contribution in [0.15, 0.2) is 23.3 Å². The Labute approximate surface area is 175 Å². The van der Waals surface area contributed by atoms with Crippen molar-refractivity contribution in [2.24, 2.45) is 10.4 Å². The Morgan fingerprint density at radius 2 is 2.24 bits per heavy atom. The fourth-order valence-corrected chi connectivity index (χ4v) is 4.02. The molecule has 1 saturated carbocycles. The lowest BCUT2D eigenvalue weighted by Gasteiger charge is -2.42. The van der Waals surface area contributed by atoms with Gasteiger partial charge >= 0.3 is 0 Å². The second kappa shape index (κ2) is 10.8. The molecule has 1 aromatic heterocycles. The molecule has 1 unspecified atom stereocenters. The Morgan fingerprint density at radius 1 is 1.38 bits per heavy atom. The number of morpholine rings is 1. The van der Waals surface area contributed by atoms with E-state index >= 15 is 0 Å². The van der Waals surface area contributed by atoms with Crippen molar-refractivity contribution >= 4 is 11.8 Å². The number of guanidine groups is 1. The third-order valence-corrected chi connectivity index (χ3v) is 6.02. The molecular formula is C22H37N5O2. The Morgan fingerprint density at radius 3 is 2.86 bits per heavy atom. The summed E-state index contributed by atoms with van der Waals surface area (Å²) in [7, 11) is 1.78. The van der Waals surface area contributed by atoms with Crippen molar-refractivity contribution in [3.63, 3.8) is 0 Å². The molecule has 1 atom stereocenters. The predicted octanol–water partition coefficient (Wildman–Crippen LogP) is 2.57. The quantitative estimate of drug-likeness (QED) is 0.488. The van der Waals surface area contributed by atoms with Crippen molar-refractivity contribution in [2.45, 2.75) is 52.2 Å². The molecule has 3 rings (SSSR count). The second-order valence-corrected chi connectivity index (χ2v) is 8.30. The zero-order valence-corrected chi connectivity index (χ0v) is 18.2. The van der Waals surface area contributed by atoms with Crippen molar-refractivity contribution in [2.75, 3.05) is 51.4 Å². The number of pyridine rings is 1. The first-order valence-corrected chi connectivity index (χ1v) is 11.0. The molecule has 1 aromatic rings. The van der Waals surface area contributed by atoms with E-state index in [-0.39, 0.29) is 6.10 Å². The maximum atomic E-state index is 5.61. The molecule has 1 aliphatic carbocycles. The van der Waals surface area contributed by atoms with Crippen LogP contribution in [0.5, 0.6) is 0 Å². The van der Waals surface area contributed by atoms with Crippen LogP contribution < -0.4 is 15.5 Å². The molecule has 7 nitrogen and oxygen atoms in total. The van der Waals surface area contributed by atoms with E-state index in [1.165, 1.54) is 19.3 Å². The van der Waals surface area contributed by atoms with Gasteiger partial charge in [0.1, 0.15) is 5.82 Å². The topological polar surface area (TPSA) is 71.0 Å². The molecule has 1 aliphatic heterocycles. The zero-order valence-electron chi connectivity index (χ0n) is 18.2. The highest BCUT2D eigenvalue weighted by Crippen LogP contribution is 2.43. The molecule has 7 heteroatoms. The smallest absolute Gasteiger partial charge is 0.191 e. The van der Waals surface area contributed by atoms with Gasteiger partial charge in [0.15, 0.2) is 5.96 Å². The van der Waals surface area contributed by atoms with Crippen LogP contribution in [0.25, 0.3) is 0 Å². The second-order valence-electron chi connectivity index (χ2n) is 8.30. The summed E-state index contributed by atoms with van der Waals surface area (Å²) in [6.07, 6.45) is 7.17. The van der Waals surface area contributed by atoms with E-state index in [1.54, 1.807) is 7.11 Å². The molecule has 2 N–H and O–H groups in total. The van der Waals surface area contributed by atoms with Gasteiger partial charge in [0.2, 0.25) is 0 Å². The van der Waals surface area contributed by atoms with Crippen LogP contribution in [0.2, 0.25) is 0 Å². The van der Waals surface area contributed by atoms with Gasteiger partial charge in [-0.25, -0.2) is 9.98 Å². The normalized spacial score (nSPS) is 21.6. The third-order valence-electron chi connectivity index (χ3n) is 6.02. The predicted molar refractivity (Wildman–Crippen MR) is 117 cm³/mol. The summed E-state index contributed by atoms with van der Waals surface area (Å²) < 4.78 is 10.9. The summed E-state index contributed by atoms with van der Waals surface area (Å²) >= 11 is 0. The van der Waals surface area contributed by atoms with Gasteiger partial charge in [-0.1, -0.05) is 12.5 Å². The van der Waals surface area contributed by atoms with Crippen molar-refractivity contribution in [1.82, 2.24) is 15.6 Å². The first-order chi connectivity index (χ1) is 14.1. The molecule has 29 heavy (non-hydrogen) atoms. The van der Waals surface area contributed by atoms with E-state index in [9.17, 15) is 0 Å². The van der Waals surface area contributed by atoms with Gasteiger partial charge in [-0.3, -0.25) is 0 Å². The average Bonchev–Trinajstić information content (AvgIpc) is 2.71. The molecule has 2 aliphatic rings. The molecular weight excluding hydrogens is 366 g/mol. The minimum absolute atomic E-state index is 0.256. The molecule has 0 amide bonds. The van der Waals surface area contributed by atoms with Crippen LogP contribution in [0.1, 0.15) is 45.1 Å². The van der Waals surface area contributed by atoms with Gasteiger partial charge in [0, 0.05) is 46.1 Å². The summed E-state index contributed by atoms with van der Waals surface area (Å²) in [4.78, 5) is 11.7. The molecule has 0 aromatic carbocycles. The number of hydrogen-bond acceptors (Lipinski definition) is 5. The summed E-state index contributed by atoms with van der Waals surface area (Å²) in [5, 5.41) is 6.91. The van der Waals surface area contributed by atoms with Crippen molar-refractivity contribution < 1.29 is 9.47 Å². The SMILES string of the molecule is CCNC(=NCc1ccc(N2CCOC(C)C2)nc1)NCC1(CCOC)CCC1. The first-order valence-electron chi connectivity index (χ1n) is 11.0.